The third-order valence-corrected chi connectivity index (χ3v) is 6.20. The number of hydrogen-bond donors (Lipinski definition) is 4. The van der Waals surface area contributed by atoms with Crippen LogP contribution in [0.4, 0.5) is 23.2 Å². The van der Waals surface area contributed by atoms with Gasteiger partial charge < -0.3 is 25.7 Å². The van der Waals surface area contributed by atoms with Gasteiger partial charge in [0, 0.05) is 56.1 Å². The van der Waals surface area contributed by atoms with E-state index in [2.05, 4.69) is 15.6 Å². The van der Waals surface area contributed by atoms with Gasteiger partial charge in [0.05, 0.1) is 22.7 Å². The predicted molar refractivity (Wildman–Crippen MR) is 123 cm³/mol. The maximum atomic E-state index is 14.4. The van der Waals surface area contributed by atoms with E-state index in [1.165, 1.54) is 22.9 Å². The lowest BCUT2D eigenvalue weighted by molar-refractivity contribution is -0.196. The highest BCUT2D eigenvalue weighted by Crippen LogP contribution is 2.38. The molecule has 5 N–H and O–H groups in total. The van der Waals surface area contributed by atoms with E-state index >= 15 is 0 Å². The number of hydrogen-bond acceptors (Lipinski definition) is 6. The lowest BCUT2D eigenvalue weighted by Crippen LogP contribution is -2.59. The van der Waals surface area contributed by atoms with Gasteiger partial charge in [-0.05, 0) is 31.9 Å². The summed E-state index contributed by atoms with van der Waals surface area (Å²) in [5.41, 5.74) is 5.05. The highest BCUT2D eigenvalue weighted by atomic mass is 19.4. The summed E-state index contributed by atoms with van der Waals surface area (Å²) in [4.78, 5) is 18.8. The van der Waals surface area contributed by atoms with Crippen molar-refractivity contribution in [1.82, 2.24) is 19.6 Å². The second-order valence-corrected chi connectivity index (χ2v) is 8.64. The monoisotopic (exact) mass is 491 g/mol. The molecule has 0 atom stereocenters. The third kappa shape index (κ3) is 4.53. The Morgan fingerprint density at radius 2 is 1.94 bits per heavy atom. The van der Waals surface area contributed by atoms with Gasteiger partial charge in [-0.25, -0.2) is 9.37 Å². The summed E-state index contributed by atoms with van der Waals surface area (Å²) in [7, 11) is 1.62. The summed E-state index contributed by atoms with van der Waals surface area (Å²) in [6, 6.07) is 1.14. The van der Waals surface area contributed by atoms with Crippen molar-refractivity contribution in [2.75, 3.05) is 25.5 Å². The molecular formula is C23H25F4N7O. The van der Waals surface area contributed by atoms with Crippen LogP contribution < -0.4 is 16.4 Å². The van der Waals surface area contributed by atoms with E-state index in [0.29, 0.717) is 17.0 Å². The number of imidazole rings is 1. The number of carbonyl (C=O) groups excluding carboxylic acids is 1. The van der Waals surface area contributed by atoms with Crippen molar-refractivity contribution in [3.05, 3.63) is 65.2 Å². The van der Waals surface area contributed by atoms with E-state index in [9.17, 15) is 22.4 Å². The lowest BCUT2D eigenvalue weighted by atomic mass is 9.86. The summed E-state index contributed by atoms with van der Waals surface area (Å²) in [6.07, 6.45) is 2.61. The highest BCUT2D eigenvalue weighted by Gasteiger charge is 2.53. The van der Waals surface area contributed by atoms with Crippen LogP contribution >= 0.6 is 0 Å². The van der Waals surface area contributed by atoms with E-state index in [1.807, 2.05) is 0 Å². The Morgan fingerprint density at radius 3 is 2.57 bits per heavy atom. The first-order valence-corrected chi connectivity index (χ1v) is 10.9. The van der Waals surface area contributed by atoms with E-state index in [-0.39, 0.29) is 48.6 Å². The number of nitrogens with one attached hydrogen (secondary N) is 3. The standard InChI is InChI=1S/C23H25F4N7O/c1-13-11-34-12-14(9-17(24)20(34)31-13)32-21(35)15-3-4-18(16(10-30-2)19(15)28)33-7-5-22(29,6-8-33)23(25,26)27/h3-4,9-12,28,30H,5-8,29H2,1-2H3,(H,32,35)/b16-10-,28-19?. The minimum absolute atomic E-state index is 0.0260. The smallest absolute Gasteiger partial charge is 0.393 e. The maximum Gasteiger partial charge on any atom is 0.406 e. The van der Waals surface area contributed by atoms with Crippen molar-refractivity contribution >= 4 is 23.0 Å². The number of alkyl halides is 3. The van der Waals surface area contributed by atoms with Crippen LogP contribution in [0.1, 0.15) is 18.5 Å². The number of carbonyl (C=O) groups is 1. The van der Waals surface area contributed by atoms with Gasteiger partial charge in [-0.3, -0.25) is 10.2 Å². The number of pyridine rings is 1. The van der Waals surface area contributed by atoms with Gasteiger partial charge in [-0.2, -0.15) is 13.2 Å². The van der Waals surface area contributed by atoms with Gasteiger partial charge >= 0.3 is 6.18 Å². The summed E-state index contributed by atoms with van der Waals surface area (Å²) >= 11 is 0. The molecule has 1 saturated heterocycles. The molecule has 0 bridgehead atoms. The lowest BCUT2D eigenvalue weighted by Gasteiger charge is -2.42. The molecule has 0 spiro atoms. The Hall–Kier alpha value is -3.67. The molecular weight excluding hydrogens is 466 g/mol. The number of piperidine rings is 1. The van der Waals surface area contributed by atoms with Gasteiger partial charge in [-0.1, -0.05) is 0 Å². The Bertz CT molecular complexity index is 1280. The molecule has 3 heterocycles. The molecule has 0 radical (unpaired) electrons. The van der Waals surface area contributed by atoms with E-state index in [0.717, 1.165) is 6.07 Å². The van der Waals surface area contributed by atoms with Crippen molar-refractivity contribution in [3.8, 4) is 0 Å². The van der Waals surface area contributed by atoms with Crippen molar-refractivity contribution in [3.63, 3.8) is 0 Å². The van der Waals surface area contributed by atoms with Crippen molar-refractivity contribution in [2.24, 2.45) is 5.73 Å². The van der Waals surface area contributed by atoms with Crippen LogP contribution in [0, 0.1) is 18.2 Å². The van der Waals surface area contributed by atoms with Gasteiger partial charge in [-0.15, -0.1) is 0 Å². The van der Waals surface area contributed by atoms with E-state index in [1.54, 1.807) is 31.1 Å². The summed E-state index contributed by atoms with van der Waals surface area (Å²) in [5, 5.41) is 14.0. The number of aromatic nitrogens is 2. The molecule has 12 heteroatoms. The number of nitrogens with two attached hydrogens (primary N) is 1. The third-order valence-electron chi connectivity index (χ3n) is 6.20. The van der Waals surface area contributed by atoms with Crippen LogP contribution in [-0.4, -0.2) is 57.8 Å². The Kier molecular flexibility index (Phi) is 6.18. The zero-order valence-corrected chi connectivity index (χ0v) is 19.1. The fourth-order valence-electron chi connectivity index (χ4n) is 4.24. The van der Waals surface area contributed by atoms with Crippen LogP contribution in [0.15, 0.2) is 53.7 Å². The van der Waals surface area contributed by atoms with E-state index in [4.69, 9.17) is 11.1 Å². The summed E-state index contributed by atoms with van der Waals surface area (Å²) in [6.45, 7) is 1.82. The maximum absolute atomic E-state index is 14.4. The molecule has 1 fully saturated rings. The highest BCUT2D eigenvalue weighted by molar-refractivity contribution is 6.31. The number of halogens is 4. The minimum Gasteiger partial charge on any atom is -0.393 e. The van der Waals surface area contributed by atoms with Crippen molar-refractivity contribution < 1.29 is 22.4 Å². The number of rotatable bonds is 4. The number of fused-ring (bicyclic) bond motifs is 1. The molecule has 1 aliphatic carbocycles. The first-order chi connectivity index (χ1) is 16.4. The average Bonchev–Trinajstić information content (AvgIpc) is 3.16. The molecule has 0 saturated carbocycles. The number of amides is 1. The largest absolute Gasteiger partial charge is 0.406 e. The number of aryl methyl sites for hydroxylation is 1. The first-order valence-electron chi connectivity index (χ1n) is 10.9. The zero-order valence-electron chi connectivity index (χ0n) is 19.1. The van der Waals surface area contributed by atoms with Crippen LogP contribution in [0.3, 0.4) is 0 Å². The molecule has 4 rings (SSSR count). The molecule has 1 aliphatic heterocycles. The van der Waals surface area contributed by atoms with Crippen LogP contribution in [0.5, 0.6) is 0 Å². The molecule has 0 aromatic carbocycles. The van der Waals surface area contributed by atoms with Gasteiger partial charge in [0.1, 0.15) is 5.54 Å². The Balaban J connectivity index is 1.57. The summed E-state index contributed by atoms with van der Waals surface area (Å²) in [5.74, 6) is -1.24. The fraction of sp³-hybridized carbons (Fsp3) is 0.348. The Labute approximate surface area is 198 Å². The van der Waals surface area contributed by atoms with Gasteiger partial charge in [0.15, 0.2) is 11.5 Å². The minimum atomic E-state index is -4.50. The van der Waals surface area contributed by atoms with Gasteiger partial charge in [0.25, 0.3) is 5.91 Å². The molecule has 0 unspecified atom stereocenters. The number of anilines is 1. The topological polar surface area (TPSA) is 112 Å². The molecule has 186 valence electrons. The first kappa shape index (κ1) is 24.5. The van der Waals surface area contributed by atoms with Crippen LogP contribution in [0.25, 0.3) is 5.65 Å². The SMILES string of the molecule is CN/C=C1\C(=N)C(C(=O)Nc2cc(F)c3nc(C)cn3c2)=CC=C1N1CCC(N)(C(F)(F)F)CC1. The number of nitrogens with zero attached hydrogens (tertiary/aromatic N) is 3. The quantitative estimate of drug-likeness (QED) is 0.492. The molecule has 8 nitrogen and oxygen atoms in total. The van der Waals surface area contributed by atoms with Crippen molar-refractivity contribution in [2.45, 2.75) is 31.5 Å². The molecule has 1 amide bonds. The number of likely N-dealkylation sites (tertiary alicyclic amines) is 1. The molecule has 2 aromatic rings. The normalized spacial score (nSPS) is 19.6. The molecule has 2 aliphatic rings. The average molecular weight is 491 g/mol. The second kappa shape index (κ2) is 8.84. The summed E-state index contributed by atoms with van der Waals surface area (Å²) < 4.78 is 55.7. The van der Waals surface area contributed by atoms with Crippen molar-refractivity contribution in [1.29, 1.82) is 5.41 Å². The molecule has 35 heavy (non-hydrogen) atoms. The number of allylic oxidation sites excluding steroid dienone is 3. The molecule has 2 aromatic heterocycles. The van der Waals surface area contributed by atoms with E-state index < -0.39 is 23.4 Å². The zero-order chi connectivity index (χ0) is 25.5. The second-order valence-electron chi connectivity index (χ2n) is 8.64. The Morgan fingerprint density at radius 1 is 1.26 bits per heavy atom. The van der Waals surface area contributed by atoms with Gasteiger partial charge in [0.2, 0.25) is 0 Å². The fourth-order valence-corrected chi connectivity index (χ4v) is 4.24. The van der Waals surface area contributed by atoms with Crippen LogP contribution in [0.2, 0.25) is 0 Å². The van der Waals surface area contributed by atoms with Crippen LogP contribution in [-0.2, 0) is 4.79 Å². The predicted octanol–water partition coefficient (Wildman–Crippen LogP) is 3.02.